The number of nitrogens with zero attached hydrogens (tertiary/aromatic N) is 1. The molecule has 0 aliphatic carbocycles. The van der Waals surface area contributed by atoms with Crippen molar-refractivity contribution in [2.75, 3.05) is 4.90 Å². The lowest BCUT2D eigenvalue weighted by molar-refractivity contribution is -0.113. The van der Waals surface area contributed by atoms with E-state index in [9.17, 15) is 9.59 Å². The van der Waals surface area contributed by atoms with Crippen molar-refractivity contribution in [2.24, 2.45) is 0 Å². The zero-order valence-electron chi connectivity index (χ0n) is 9.51. The first kappa shape index (κ1) is 9.59. The van der Waals surface area contributed by atoms with Gasteiger partial charge in [0.25, 0.3) is 5.78 Å². The third-order valence-electron chi connectivity index (χ3n) is 3.60. The molecule has 0 fully saturated rings. The summed E-state index contributed by atoms with van der Waals surface area (Å²) in [7, 11) is 0. The highest BCUT2D eigenvalue weighted by atomic mass is 16.2. The Morgan fingerprint density at radius 3 is 2.56 bits per heavy atom. The van der Waals surface area contributed by atoms with E-state index in [1.54, 1.807) is 11.0 Å². The molecule has 3 nitrogen and oxygen atoms in total. The minimum absolute atomic E-state index is 0.399. The summed E-state index contributed by atoms with van der Waals surface area (Å²) in [6, 6.07) is 13.3. The van der Waals surface area contributed by atoms with Crippen molar-refractivity contribution in [3.63, 3.8) is 0 Å². The molecule has 2 aliphatic rings. The third kappa shape index (κ3) is 0.991. The van der Waals surface area contributed by atoms with Crippen molar-refractivity contribution in [1.82, 2.24) is 0 Å². The highest BCUT2D eigenvalue weighted by Gasteiger charge is 2.41. The first-order valence-corrected chi connectivity index (χ1v) is 5.86. The molecule has 0 unspecified atom stereocenters. The monoisotopic (exact) mass is 235 g/mol. The Balaban J connectivity index is 2.09. The van der Waals surface area contributed by atoms with E-state index in [0.29, 0.717) is 5.56 Å². The summed E-state index contributed by atoms with van der Waals surface area (Å²) in [4.78, 5) is 25.6. The molecular formula is C15H9NO2. The lowest BCUT2D eigenvalue weighted by Crippen LogP contribution is -2.28. The number of anilines is 2. The molecule has 2 heterocycles. The van der Waals surface area contributed by atoms with Crippen LogP contribution >= 0.6 is 0 Å². The Bertz CT molecular complexity index is 718. The van der Waals surface area contributed by atoms with Gasteiger partial charge in [0.05, 0.1) is 16.9 Å². The number of Topliss-reactive ketones (excluding diaryl/α,β-unsaturated/α-hetero) is 1. The van der Waals surface area contributed by atoms with E-state index >= 15 is 0 Å². The van der Waals surface area contributed by atoms with Gasteiger partial charge < -0.3 is 0 Å². The maximum atomic E-state index is 12.1. The van der Waals surface area contributed by atoms with E-state index < -0.39 is 11.7 Å². The first-order valence-electron chi connectivity index (χ1n) is 5.86. The summed E-state index contributed by atoms with van der Waals surface area (Å²) < 4.78 is 0. The molecule has 0 bridgehead atoms. The van der Waals surface area contributed by atoms with E-state index in [2.05, 4.69) is 0 Å². The highest BCUT2D eigenvalue weighted by molar-refractivity contribution is 6.54. The second kappa shape index (κ2) is 3.07. The molecule has 0 aromatic heterocycles. The summed E-state index contributed by atoms with van der Waals surface area (Å²) in [5, 5.41) is 0. The average Bonchev–Trinajstić information content (AvgIpc) is 2.66. The summed E-state index contributed by atoms with van der Waals surface area (Å²) >= 11 is 0. The quantitative estimate of drug-likeness (QED) is 0.658. The number of fused-ring (bicyclic) bond motifs is 2. The molecule has 86 valence electrons. The van der Waals surface area contributed by atoms with Gasteiger partial charge in [-0.05, 0) is 23.3 Å². The average molecular weight is 235 g/mol. The number of para-hydroxylation sites is 2. The van der Waals surface area contributed by atoms with Crippen LogP contribution in [0.5, 0.6) is 0 Å². The molecule has 1 amide bonds. The molecule has 2 aromatic carbocycles. The summed E-state index contributed by atoms with van der Waals surface area (Å²) in [5.74, 6) is -0.840. The number of rotatable bonds is 0. The zero-order valence-corrected chi connectivity index (χ0v) is 9.51. The van der Waals surface area contributed by atoms with Crippen molar-refractivity contribution >= 4 is 23.1 Å². The fraction of sp³-hybridized carbons (Fsp3) is 0.0667. The molecule has 2 aliphatic heterocycles. The highest BCUT2D eigenvalue weighted by Crippen LogP contribution is 2.44. The molecule has 0 atom stereocenters. The van der Waals surface area contributed by atoms with E-state index in [1.165, 1.54) is 0 Å². The van der Waals surface area contributed by atoms with Gasteiger partial charge in [-0.3, -0.25) is 14.5 Å². The van der Waals surface area contributed by atoms with Gasteiger partial charge in [-0.2, -0.15) is 0 Å². The first-order chi connectivity index (χ1) is 8.77. The van der Waals surface area contributed by atoms with E-state index in [0.717, 1.165) is 28.9 Å². The third-order valence-corrected chi connectivity index (χ3v) is 3.60. The number of hydrogen-bond acceptors (Lipinski definition) is 2. The Labute approximate surface area is 104 Å². The molecule has 0 radical (unpaired) electrons. The molecule has 4 rings (SSSR count). The molecule has 0 saturated heterocycles. The summed E-state index contributed by atoms with van der Waals surface area (Å²) in [6.45, 7) is 0. The lowest BCUT2D eigenvalue weighted by Gasteiger charge is -2.27. The fourth-order valence-corrected chi connectivity index (χ4v) is 2.81. The topological polar surface area (TPSA) is 37.4 Å². The van der Waals surface area contributed by atoms with E-state index in [1.807, 2.05) is 36.4 Å². The Morgan fingerprint density at radius 1 is 0.889 bits per heavy atom. The van der Waals surface area contributed by atoms with Crippen molar-refractivity contribution in [1.29, 1.82) is 0 Å². The van der Waals surface area contributed by atoms with Crippen molar-refractivity contribution in [3.05, 3.63) is 59.2 Å². The second-order valence-corrected chi connectivity index (χ2v) is 4.59. The normalized spacial score (nSPS) is 15.7. The van der Waals surface area contributed by atoms with Gasteiger partial charge in [-0.25, -0.2) is 0 Å². The van der Waals surface area contributed by atoms with Gasteiger partial charge in [-0.1, -0.05) is 30.3 Å². The summed E-state index contributed by atoms with van der Waals surface area (Å²) in [5.41, 5.74) is 4.29. The molecular weight excluding hydrogens is 226 g/mol. The maximum Gasteiger partial charge on any atom is 0.304 e. The SMILES string of the molecule is O=C1C(=O)N2c3ccccc3Cc3cccc1c32. The maximum absolute atomic E-state index is 12.1. The van der Waals surface area contributed by atoms with Gasteiger partial charge in [0.1, 0.15) is 0 Å². The van der Waals surface area contributed by atoms with Gasteiger partial charge in [0.2, 0.25) is 0 Å². The number of carbonyl (C=O) groups excluding carboxylic acids is 2. The predicted octanol–water partition coefficient (Wildman–Crippen LogP) is 2.45. The molecule has 0 spiro atoms. The Kier molecular flexibility index (Phi) is 1.64. The van der Waals surface area contributed by atoms with Crippen LogP contribution in [0.2, 0.25) is 0 Å². The number of benzene rings is 2. The minimum atomic E-state index is -0.440. The van der Waals surface area contributed by atoms with Gasteiger partial charge in [0, 0.05) is 6.42 Å². The van der Waals surface area contributed by atoms with E-state index in [-0.39, 0.29) is 0 Å². The van der Waals surface area contributed by atoms with Crippen LogP contribution in [0.4, 0.5) is 11.4 Å². The molecule has 18 heavy (non-hydrogen) atoms. The van der Waals surface area contributed by atoms with Crippen molar-refractivity contribution < 1.29 is 9.59 Å². The van der Waals surface area contributed by atoms with Gasteiger partial charge in [0.15, 0.2) is 0 Å². The lowest BCUT2D eigenvalue weighted by atomic mass is 9.95. The smallest absolute Gasteiger partial charge is 0.283 e. The van der Waals surface area contributed by atoms with Crippen LogP contribution in [0.15, 0.2) is 42.5 Å². The summed E-state index contributed by atoms with van der Waals surface area (Å²) in [6.07, 6.45) is 0.774. The van der Waals surface area contributed by atoms with Gasteiger partial charge in [-0.15, -0.1) is 0 Å². The number of amides is 1. The Hall–Kier alpha value is -2.42. The minimum Gasteiger partial charge on any atom is -0.283 e. The largest absolute Gasteiger partial charge is 0.304 e. The second-order valence-electron chi connectivity index (χ2n) is 4.59. The molecule has 0 saturated carbocycles. The molecule has 0 N–H and O–H groups in total. The molecule has 3 heteroatoms. The van der Waals surface area contributed by atoms with Crippen LogP contribution in [0.1, 0.15) is 21.5 Å². The van der Waals surface area contributed by atoms with Crippen LogP contribution in [-0.2, 0) is 11.2 Å². The molecule has 2 aromatic rings. The number of ketones is 1. The van der Waals surface area contributed by atoms with Gasteiger partial charge >= 0.3 is 5.91 Å². The van der Waals surface area contributed by atoms with Crippen LogP contribution in [0.25, 0.3) is 0 Å². The zero-order chi connectivity index (χ0) is 12.3. The van der Waals surface area contributed by atoms with Crippen LogP contribution < -0.4 is 4.90 Å². The standard InChI is InChI=1S/C15H9NO2/c17-14-11-6-3-5-10-8-9-4-1-2-7-12(9)16(13(10)11)15(14)18/h1-7H,8H2. The van der Waals surface area contributed by atoms with Crippen molar-refractivity contribution in [2.45, 2.75) is 6.42 Å². The predicted molar refractivity (Wildman–Crippen MR) is 67.2 cm³/mol. The Morgan fingerprint density at radius 2 is 1.67 bits per heavy atom. The van der Waals surface area contributed by atoms with Crippen molar-refractivity contribution in [3.8, 4) is 0 Å². The van der Waals surface area contributed by atoms with Crippen LogP contribution in [-0.4, -0.2) is 11.7 Å². The fourth-order valence-electron chi connectivity index (χ4n) is 2.81. The van der Waals surface area contributed by atoms with E-state index in [4.69, 9.17) is 0 Å². The van der Waals surface area contributed by atoms with Crippen LogP contribution in [0, 0.1) is 0 Å². The number of hydrogen-bond donors (Lipinski definition) is 0. The van der Waals surface area contributed by atoms with Crippen LogP contribution in [0.3, 0.4) is 0 Å². The number of carbonyl (C=O) groups is 2.